The number of halogens is 1. The van der Waals surface area contributed by atoms with Crippen LogP contribution >= 0.6 is 0 Å². The van der Waals surface area contributed by atoms with E-state index in [4.69, 9.17) is 5.11 Å². The fourth-order valence-electron chi connectivity index (χ4n) is 1.02. The minimum atomic E-state index is -0.493. The van der Waals surface area contributed by atoms with E-state index in [1.165, 1.54) is 6.08 Å². The van der Waals surface area contributed by atoms with E-state index in [2.05, 4.69) is 6.58 Å². The molecule has 0 atom stereocenters. The van der Waals surface area contributed by atoms with Crippen molar-refractivity contribution in [2.45, 2.75) is 6.61 Å². The van der Waals surface area contributed by atoms with Crippen molar-refractivity contribution < 1.29 is 29.6 Å². The van der Waals surface area contributed by atoms with Gasteiger partial charge >= 0.3 is 0 Å². The maximum atomic E-state index is 12.3. The number of aliphatic hydroxyl groups excluding tert-OH is 1. The number of hydrogen-bond acceptors (Lipinski definition) is 1. The molecule has 0 fully saturated rings. The Kier molecular flexibility index (Phi) is 6.30. The zero-order chi connectivity index (χ0) is 9.68. The molecule has 1 N–H and O–H groups in total. The molecule has 0 saturated heterocycles. The molecule has 0 unspecified atom stereocenters. The second-order valence-electron chi connectivity index (χ2n) is 2.64. The third kappa shape index (κ3) is 3.97. The molecule has 77 valence electrons. The third-order valence-electron chi connectivity index (χ3n) is 1.67. The van der Waals surface area contributed by atoms with Gasteiger partial charge in [-0.2, -0.15) is 0 Å². The number of aliphatic hydroxyl groups is 1. The Morgan fingerprint density at radius 3 is 2.64 bits per heavy atom. The number of benzene rings is 1. The molecular formula is C11H11FIrO. The Labute approximate surface area is 96.3 Å². The van der Waals surface area contributed by atoms with Gasteiger partial charge in [-0.1, -0.05) is 36.9 Å². The predicted molar refractivity (Wildman–Crippen MR) is 51.6 cm³/mol. The first-order valence-electron chi connectivity index (χ1n) is 3.95. The van der Waals surface area contributed by atoms with Gasteiger partial charge in [0.05, 0.1) is 6.61 Å². The first-order chi connectivity index (χ1) is 6.24. The van der Waals surface area contributed by atoms with Crippen LogP contribution in [-0.4, -0.2) is 5.11 Å². The largest absolute Gasteiger partial charge is 0.392 e. The Bertz CT molecular complexity index is 334. The van der Waals surface area contributed by atoms with Crippen molar-refractivity contribution in [3.8, 4) is 0 Å². The van der Waals surface area contributed by atoms with Crippen LogP contribution in [0.5, 0.6) is 0 Å². The van der Waals surface area contributed by atoms with Crippen LogP contribution in [0.3, 0.4) is 0 Å². The van der Waals surface area contributed by atoms with Gasteiger partial charge in [-0.05, 0) is 17.2 Å². The summed E-state index contributed by atoms with van der Waals surface area (Å²) in [5, 5.41) is 8.93. The van der Waals surface area contributed by atoms with Gasteiger partial charge in [0, 0.05) is 20.1 Å². The molecule has 0 aromatic heterocycles. The summed E-state index contributed by atoms with van der Waals surface area (Å²) in [5.41, 5.74) is 1.59. The Morgan fingerprint density at radius 1 is 1.43 bits per heavy atom. The number of hydrogen-bond donors (Lipinski definition) is 1. The van der Waals surface area contributed by atoms with Gasteiger partial charge in [0.2, 0.25) is 0 Å². The number of rotatable bonds is 3. The van der Waals surface area contributed by atoms with Crippen LogP contribution in [0.4, 0.5) is 4.39 Å². The van der Waals surface area contributed by atoms with Crippen LogP contribution in [0.1, 0.15) is 11.1 Å². The molecule has 0 heterocycles. The fourth-order valence-corrected chi connectivity index (χ4v) is 1.02. The predicted octanol–water partition coefficient (Wildman–Crippen LogP) is 2.67. The summed E-state index contributed by atoms with van der Waals surface area (Å²) < 4.78 is 12.3. The van der Waals surface area contributed by atoms with Crippen molar-refractivity contribution >= 4 is 6.08 Å². The minimum absolute atomic E-state index is 0. The van der Waals surface area contributed by atoms with E-state index in [-0.39, 0.29) is 26.7 Å². The normalized spacial score (nSPS) is 9.86. The van der Waals surface area contributed by atoms with Crippen LogP contribution in [0.15, 0.2) is 42.7 Å². The zero-order valence-corrected chi connectivity index (χ0v) is 9.93. The summed E-state index contributed by atoms with van der Waals surface area (Å²) in [5.74, 6) is -0.493. The van der Waals surface area contributed by atoms with Gasteiger partial charge in [-0.15, -0.1) is 0 Å². The standard InChI is InChI=1S/C11H11FO.Ir/c1-9(12)6-7-10-4-2-3-5-11(10)8-13;/h2-7,13H,1,8H2;/b7-6-;. The summed E-state index contributed by atoms with van der Waals surface area (Å²) in [6, 6.07) is 7.26. The average Bonchev–Trinajstić information content (AvgIpc) is 2.15. The quantitative estimate of drug-likeness (QED) is 0.812. The second kappa shape index (κ2) is 6.66. The van der Waals surface area contributed by atoms with Crippen molar-refractivity contribution in [3.63, 3.8) is 0 Å². The van der Waals surface area contributed by atoms with Crippen molar-refractivity contribution in [3.05, 3.63) is 53.9 Å². The zero-order valence-electron chi connectivity index (χ0n) is 7.54. The molecule has 0 aliphatic carbocycles. The van der Waals surface area contributed by atoms with Gasteiger partial charge in [0.1, 0.15) is 5.83 Å². The van der Waals surface area contributed by atoms with Crippen molar-refractivity contribution in [2.24, 2.45) is 0 Å². The van der Waals surface area contributed by atoms with Crippen LogP contribution < -0.4 is 0 Å². The topological polar surface area (TPSA) is 20.2 Å². The van der Waals surface area contributed by atoms with Crippen molar-refractivity contribution in [2.75, 3.05) is 0 Å². The van der Waals surface area contributed by atoms with Crippen LogP contribution in [-0.2, 0) is 26.7 Å². The molecule has 1 rings (SSSR count). The molecule has 14 heavy (non-hydrogen) atoms. The van der Waals surface area contributed by atoms with Gasteiger partial charge in [0.15, 0.2) is 0 Å². The molecule has 1 aromatic rings. The monoisotopic (exact) mass is 371 g/mol. The summed E-state index contributed by atoms with van der Waals surface area (Å²) >= 11 is 0. The molecule has 0 bridgehead atoms. The van der Waals surface area contributed by atoms with Crippen LogP contribution in [0, 0.1) is 0 Å². The molecule has 0 aliphatic heterocycles. The Balaban J connectivity index is 0.00000169. The molecule has 0 saturated carbocycles. The van der Waals surface area contributed by atoms with E-state index in [0.717, 1.165) is 11.1 Å². The van der Waals surface area contributed by atoms with E-state index in [1.807, 2.05) is 18.2 Å². The molecule has 3 heteroatoms. The van der Waals surface area contributed by atoms with E-state index in [0.29, 0.717) is 0 Å². The van der Waals surface area contributed by atoms with Crippen molar-refractivity contribution in [1.82, 2.24) is 0 Å². The minimum Gasteiger partial charge on any atom is -0.392 e. The molecule has 1 radical (unpaired) electrons. The average molecular weight is 370 g/mol. The summed E-state index contributed by atoms with van der Waals surface area (Å²) in [4.78, 5) is 0. The maximum absolute atomic E-state index is 12.3. The molecule has 1 nitrogen and oxygen atoms in total. The first kappa shape index (κ1) is 13.2. The third-order valence-corrected chi connectivity index (χ3v) is 1.67. The Morgan fingerprint density at radius 2 is 2.07 bits per heavy atom. The van der Waals surface area contributed by atoms with Gasteiger partial charge in [-0.25, -0.2) is 4.39 Å². The second-order valence-corrected chi connectivity index (χ2v) is 2.64. The molecule has 1 aromatic carbocycles. The molecular weight excluding hydrogens is 359 g/mol. The SMILES string of the molecule is C=C(F)/C=C\c1ccccc1CO.[Ir]. The maximum Gasteiger partial charge on any atom is 0.116 e. The summed E-state index contributed by atoms with van der Waals surface area (Å²) in [6.45, 7) is 3.07. The van der Waals surface area contributed by atoms with Crippen LogP contribution in [0.2, 0.25) is 0 Å². The van der Waals surface area contributed by atoms with Crippen LogP contribution in [0.25, 0.3) is 6.08 Å². The van der Waals surface area contributed by atoms with E-state index in [1.54, 1.807) is 12.1 Å². The molecule has 0 spiro atoms. The summed E-state index contributed by atoms with van der Waals surface area (Å²) in [6.07, 6.45) is 2.86. The van der Waals surface area contributed by atoms with E-state index >= 15 is 0 Å². The fraction of sp³-hybridized carbons (Fsp3) is 0.0909. The molecule has 0 amide bonds. The smallest absolute Gasteiger partial charge is 0.116 e. The van der Waals surface area contributed by atoms with E-state index in [9.17, 15) is 4.39 Å². The van der Waals surface area contributed by atoms with Gasteiger partial charge in [-0.3, -0.25) is 0 Å². The van der Waals surface area contributed by atoms with Gasteiger partial charge in [0.25, 0.3) is 0 Å². The van der Waals surface area contributed by atoms with Gasteiger partial charge < -0.3 is 5.11 Å². The van der Waals surface area contributed by atoms with Crippen molar-refractivity contribution in [1.29, 1.82) is 0 Å². The Hall–Kier alpha value is -0.761. The van der Waals surface area contributed by atoms with E-state index < -0.39 is 5.83 Å². The summed E-state index contributed by atoms with van der Waals surface area (Å²) in [7, 11) is 0. The molecule has 0 aliphatic rings. The number of allylic oxidation sites excluding steroid dienone is 2. The first-order valence-corrected chi connectivity index (χ1v) is 3.95.